The van der Waals surface area contributed by atoms with Crippen molar-refractivity contribution in [2.75, 3.05) is 7.11 Å². The first-order valence-corrected chi connectivity index (χ1v) is 11.1. The Hall–Kier alpha value is -4.59. The molecule has 1 atom stereocenters. The molecule has 0 bridgehead atoms. The van der Waals surface area contributed by atoms with Gasteiger partial charge in [0.2, 0.25) is 0 Å². The number of hydrogen-bond donors (Lipinski definition) is 1. The second kappa shape index (κ2) is 9.72. The van der Waals surface area contributed by atoms with E-state index in [4.69, 9.17) is 13.9 Å². The predicted molar refractivity (Wildman–Crippen MR) is 128 cm³/mol. The molecule has 3 heterocycles. The van der Waals surface area contributed by atoms with E-state index >= 15 is 0 Å². The SMILES string of the molecule is COc1cccc(OCc2ccc(C(=O)N3N=C(c4cccnc4)CC3c3ccccc3O)o2)c1. The fraction of sp³-hybridized carbons (Fsp3) is 0.148. The number of hydrazone groups is 1. The van der Waals surface area contributed by atoms with Crippen LogP contribution in [-0.4, -0.2) is 33.8 Å². The minimum atomic E-state index is -0.486. The van der Waals surface area contributed by atoms with Gasteiger partial charge in [-0.15, -0.1) is 0 Å². The van der Waals surface area contributed by atoms with E-state index in [1.807, 2.05) is 36.4 Å². The van der Waals surface area contributed by atoms with Crippen LogP contribution in [0.5, 0.6) is 17.2 Å². The molecule has 8 heteroatoms. The van der Waals surface area contributed by atoms with Crippen LogP contribution in [0.15, 0.2) is 94.7 Å². The molecule has 4 aromatic rings. The van der Waals surface area contributed by atoms with Gasteiger partial charge in [-0.05, 0) is 36.4 Å². The van der Waals surface area contributed by atoms with Crippen molar-refractivity contribution in [3.8, 4) is 17.2 Å². The summed E-state index contributed by atoms with van der Waals surface area (Å²) in [5, 5.41) is 16.4. The van der Waals surface area contributed by atoms with Crippen LogP contribution >= 0.6 is 0 Å². The molecular weight excluding hydrogens is 446 g/mol. The zero-order valence-electron chi connectivity index (χ0n) is 19.0. The maximum atomic E-state index is 13.5. The molecular formula is C27H23N3O5. The number of methoxy groups -OCH3 is 1. The van der Waals surface area contributed by atoms with Crippen LogP contribution in [0.2, 0.25) is 0 Å². The summed E-state index contributed by atoms with van der Waals surface area (Å²) in [6.07, 6.45) is 3.82. The lowest BCUT2D eigenvalue weighted by molar-refractivity contribution is 0.0673. The van der Waals surface area contributed by atoms with E-state index in [-0.39, 0.29) is 18.1 Å². The Balaban J connectivity index is 1.38. The largest absolute Gasteiger partial charge is 0.508 e. The van der Waals surface area contributed by atoms with E-state index in [1.54, 1.807) is 55.9 Å². The number of phenols is 1. The number of carbonyl (C=O) groups excluding carboxylic acids is 1. The Morgan fingerprint density at radius 1 is 1.09 bits per heavy atom. The lowest BCUT2D eigenvalue weighted by Gasteiger charge is -2.21. The first kappa shape index (κ1) is 22.2. The van der Waals surface area contributed by atoms with Crippen molar-refractivity contribution in [1.29, 1.82) is 0 Å². The second-order valence-corrected chi connectivity index (χ2v) is 7.95. The highest BCUT2D eigenvalue weighted by molar-refractivity contribution is 6.04. The molecule has 1 unspecified atom stereocenters. The standard InChI is InChI=1S/C27H23N3O5/c1-33-19-7-4-8-20(14-19)34-17-21-11-12-26(35-21)27(32)30-24(22-9-2-3-10-25(22)31)15-23(29-30)18-6-5-13-28-16-18/h2-14,16,24,31H,15,17H2,1H3. The third kappa shape index (κ3) is 4.72. The van der Waals surface area contributed by atoms with Gasteiger partial charge in [0, 0.05) is 36.0 Å². The number of carbonyl (C=O) groups is 1. The molecule has 5 rings (SSSR count). The van der Waals surface area contributed by atoms with Crippen molar-refractivity contribution in [1.82, 2.24) is 9.99 Å². The fourth-order valence-electron chi connectivity index (χ4n) is 3.95. The average molecular weight is 469 g/mol. The minimum absolute atomic E-state index is 0.102. The summed E-state index contributed by atoms with van der Waals surface area (Å²) in [7, 11) is 1.59. The summed E-state index contributed by atoms with van der Waals surface area (Å²) in [5.41, 5.74) is 2.12. The van der Waals surface area contributed by atoms with Crippen LogP contribution in [0, 0.1) is 0 Å². The van der Waals surface area contributed by atoms with Gasteiger partial charge in [0.1, 0.15) is 29.6 Å². The van der Waals surface area contributed by atoms with Gasteiger partial charge >= 0.3 is 5.91 Å². The molecule has 2 aromatic carbocycles. The Kier molecular flexibility index (Phi) is 6.17. The highest BCUT2D eigenvalue weighted by Crippen LogP contribution is 2.37. The summed E-state index contributed by atoms with van der Waals surface area (Å²) < 4.78 is 16.8. The van der Waals surface area contributed by atoms with Crippen molar-refractivity contribution in [3.05, 3.63) is 108 Å². The molecule has 0 saturated carbocycles. The molecule has 0 fully saturated rings. The van der Waals surface area contributed by atoms with E-state index in [0.717, 1.165) is 5.56 Å². The van der Waals surface area contributed by atoms with Crippen molar-refractivity contribution in [2.45, 2.75) is 19.1 Å². The van der Waals surface area contributed by atoms with E-state index in [2.05, 4.69) is 10.1 Å². The molecule has 35 heavy (non-hydrogen) atoms. The van der Waals surface area contributed by atoms with E-state index in [1.165, 1.54) is 5.01 Å². The Morgan fingerprint density at radius 3 is 2.74 bits per heavy atom. The van der Waals surface area contributed by atoms with Gasteiger partial charge in [0.15, 0.2) is 5.76 Å². The van der Waals surface area contributed by atoms with Gasteiger partial charge in [-0.25, -0.2) is 5.01 Å². The van der Waals surface area contributed by atoms with Gasteiger partial charge in [0.25, 0.3) is 0 Å². The molecule has 8 nitrogen and oxygen atoms in total. The zero-order valence-corrected chi connectivity index (χ0v) is 19.0. The molecule has 1 amide bonds. The second-order valence-electron chi connectivity index (χ2n) is 7.95. The van der Waals surface area contributed by atoms with Crippen LogP contribution in [0.4, 0.5) is 0 Å². The normalized spacial score (nSPS) is 15.1. The maximum Gasteiger partial charge on any atom is 0.310 e. The van der Waals surface area contributed by atoms with E-state index in [0.29, 0.717) is 35.0 Å². The number of benzene rings is 2. The molecule has 2 aromatic heterocycles. The minimum Gasteiger partial charge on any atom is -0.508 e. The van der Waals surface area contributed by atoms with Crippen LogP contribution in [0.1, 0.15) is 39.9 Å². The average Bonchev–Trinajstić information content (AvgIpc) is 3.56. The van der Waals surface area contributed by atoms with E-state index < -0.39 is 11.9 Å². The number of furan rings is 1. The monoisotopic (exact) mass is 469 g/mol. The van der Waals surface area contributed by atoms with Gasteiger partial charge in [-0.3, -0.25) is 9.78 Å². The molecule has 0 saturated heterocycles. The Morgan fingerprint density at radius 2 is 1.94 bits per heavy atom. The zero-order chi connectivity index (χ0) is 24.2. The molecule has 0 aliphatic carbocycles. The van der Waals surface area contributed by atoms with E-state index in [9.17, 15) is 9.90 Å². The molecule has 1 aliphatic rings. The molecule has 176 valence electrons. The predicted octanol–water partition coefficient (Wildman–Crippen LogP) is 4.96. The number of aromatic nitrogens is 1. The number of rotatable bonds is 7. The smallest absolute Gasteiger partial charge is 0.310 e. The quantitative estimate of drug-likeness (QED) is 0.411. The number of para-hydroxylation sites is 1. The number of hydrogen-bond acceptors (Lipinski definition) is 7. The number of amides is 1. The van der Waals surface area contributed by atoms with Crippen LogP contribution in [0.25, 0.3) is 0 Å². The summed E-state index contributed by atoms with van der Waals surface area (Å²) in [6, 6.07) is 20.7. The first-order chi connectivity index (χ1) is 17.1. The number of ether oxygens (including phenoxy) is 2. The van der Waals surface area contributed by atoms with Gasteiger partial charge < -0.3 is 19.0 Å². The van der Waals surface area contributed by atoms with Gasteiger partial charge in [-0.1, -0.05) is 30.3 Å². The lowest BCUT2D eigenvalue weighted by Crippen LogP contribution is -2.26. The summed E-state index contributed by atoms with van der Waals surface area (Å²) >= 11 is 0. The number of nitrogens with zero attached hydrogens (tertiary/aromatic N) is 3. The number of aromatic hydroxyl groups is 1. The number of pyridine rings is 1. The van der Waals surface area contributed by atoms with Crippen LogP contribution in [-0.2, 0) is 6.61 Å². The van der Waals surface area contributed by atoms with Crippen molar-refractivity contribution >= 4 is 11.6 Å². The maximum absolute atomic E-state index is 13.5. The van der Waals surface area contributed by atoms with Gasteiger partial charge in [0.05, 0.1) is 18.9 Å². The molecule has 1 aliphatic heterocycles. The highest BCUT2D eigenvalue weighted by Gasteiger charge is 2.36. The van der Waals surface area contributed by atoms with Crippen molar-refractivity contribution in [2.24, 2.45) is 5.10 Å². The molecule has 1 N–H and O–H groups in total. The van der Waals surface area contributed by atoms with Crippen LogP contribution in [0.3, 0.4) is 0 Å². The fourth-order valence-corrected chi connectivity index (χ4v) is 3.95. The van der Waals surface area contributed by atoms with Crippen molar-refractivity contribution in [3.63, 3.8) is 0 Å². The molecule has 0 radical (unpaired) electrons. The number of phenolic OH excluding ortho intramolecular Hbond substituents is 1. The Labute approximate surface area is 202 Å². The van der Waals surface area contributed by atoms with Crippen LogP contribution < -0.4 is 9.47 Å². The third-order valence-corrected chi connectivity index (χ3v) is 5.70. The summed E-state index contributed by atoms with van der Waals surface area (Å²) in [6.45, 7) is 0.146. The lowest BCUT2D eigenvalue weighted by atomic mass is 9.98. The van der Waals surface area contributed by atoms with Crippen molar-refractivity contribution < 1.29 is 23.8 Å². The Bertz CT molecular complexity index is 1370. The first-order valence-electron chi connectivity index (χ1n) is 11.1. The molecule has 0 spiro atoms. The summed E-state index contributed by atoms with van der Waals surface area (Å²) in [5.74, 6) is 1.62. The highest BCUT2D eigenvalue weighted by atomic mass is 16.5. The topological polar surface area (TPSA) is 97.4 Å². The third-order valence-electron chi connectivity index (χ3n) is 5.70. The summed E-state index contributed by atoms with van der Waals surface area (Å²) in [4.78, 5) is 17.6. The van der Waals surface area contributed by atoms with Gasteiger partial charge in [-0.2, -0.15) is 5.10 Å².